The van der Waals surface area contributed by atoms with E-state index in [1.165, 1.54) is 12.1 Å². The minimum absolute atomic E-state index is 0.170. The second-order valence-electron chi connectivity index (χ2n) is 6.32. The molecule has 0 aliphatic carbocycles. The van der Waals surface area contributed by atoms with Gasteiger partial charge in [0.15, 0.2) is 0 Å². The van der Waals surface area contributed by atoms with Crippen molar-refractivity contribution in [1.29, 1.82) is 0 Å². The predicted molar refractivity (Wildman–Crippen MR) is 89.9 cm³/mol. The summed E-state index contributed by atoms with van der Waals surface area (Å²) in [6.07, 6.45) is -2.08. The number of phenolic OH excluding ortho intramolecular Hbond substituents is 1. The molecule has 3 nitrogen and oxygen atoms in total. The van der Waals surface area contributed by atoms with E-state index in [0.717, 1.165) is 43.6 Å². The summed E-state index contributed by atoms with van der Waals surface area (Å²) in [6.45, 7) is 1.64. The molecule has 2 aromatic rings. The van der Waals surface area contributed by atoms with Crippen LogP contribution >= 0.6 is 0 Å². The first kappa shape index (κ1) is 17.5. The fourth-order valence-corrected chi connectivity index (χ4v) is 3.31. The molecule has 0 atom stereocenters. The highest BCUT2D eigenvalue weighted by Gasteiger charge is 2.31. The van der Waals surface area contributed by atoms with Crippen molar-refractivity contribution in [2.24, 2.45) is 5.92 Å². The molecule has 1 saturated heterocycles. The van der Waals surface area contributed by atoms with Gasteiger partial charge in [0.25, 0.3) is 0 Å². The Bertz CT molecular complexity index is 710. The maximum Gasteiger partial charge on any atom is 0.573 e. The standard InChI is InChI=1S/C19H20F3NO2/c20-19(21,22)25-16-5-3-4-15(13-16)12-14-8-10-23(11-9-14)17-6-1-2-7-18(17)24/h1-7,13-14,24H,8-12H2. The van der Waals surface area contributed by atoms with Gasteiger partial charge in [-0.1, -0.05) is 24.3 Å². The van der Waals surface area contributed by atoms with Crippen molar-refractivity contribution in [2.75, 3.05) is 18.0 Å². The summed E-state index contributed by atoms with van der Waals surface area (Å²) in [6, 6.07) is 13.5. The molecule has 0 spiro atoms. The fourth-order valence-electron chi connectivity index (χ4n) is 3.31. The lowest BCUT2D eigenvalue weighted by Crippen LogP contribution is -2.34. The predicted octanol–water partition coefficient (Wildman–Crippen LogP) is 4.75. The Morgan fingerprint density at radius 3 is 2.44 bits per heavy atom. The van der Waals surface area contributed by atoms with E-state index in [2.05, 4.69) is 9.64 Å². The van der Waals surface area contributed by atoms with Crippen LogP contribution in [0.1, 0.15) is 18.4 Å². The molecular weight excluding hydrogens is 331 g/mol. The number of hydrogen-bond donors (Lipinski definition) is 1. The molecule has 1 N–H and O–H groups in total. The van der Waals surface area contributed by atoms with Gasteiger partial charge in [-0.2, -0.15) is 0 Å². The largest absolute Gasteiger partial charge is 0.573 e. The lowest BCUT2D eigenvalue weighted by atomic mass is 9.90. The molecule has 134 valence electrons. The number of aromatic hydroxyl groups is 1. The number of nitrogens with zero attached hydrogens (tertiary/aromatic N) is 1. The Morgan fingerprint density at radius 2 is 1.76 bits per heavy atom. The molecular formula is C19H20F3NO2. The van der Waals surface area contributed by atoms with Crippen LogP contribution in [0.25, 0.3) is 0 Å². The van der Waals surface area contributed by atoms with Gasteiger partial charge in [-0.15, -0.1) is 13.2 Å². The third-order valence-electron chi connectivity index (χ3n) is 4.49. The number of halogens is 3. The molecule has 0 unspecified atom stereocenters. The van der Waals surface area contributed by atoms with E-state index >= 15 is 0 Å². The number of ether oxygens (including phenoxy) is 1. The first-order valence-electron chi connectivity index (χ1n) is 8.28. The van der Waals surface area contributed by atoms with Crippen molar-refractivity contribution in [3.63, 3.8) is 0 Å². The van der Waals surface area contributed by atoms with Crippen LogP contribution in [0, 0.1) is 5.92 Å². The molecule has 0 bridgehead atoms. The first-order valence-corrected chi connectivity index (χ1v) is 8.28. The highest BCUT2D eigenvalue weighted by Crippen LogP contribution is 2.32. The second-order valence-corrected chi connectivity index (χ2v) is 6.32. The highest BCUT2D eigenvalue weighted by molar-refractivity contribution is 5.57. The van der Waals surface area contributed by atoms with E-state index < -0.39 is 6.36 Å². The van der Waals surface area contributed by atoms with Crippen molar-refractivity contribution >= 4 is 5.69 Å². The average Bonchev–Trinajstić information content (AvgIpc) is 2.55. The molecule has 1 fully saturated rings. The summed E-state index contributed by atoms with van der Waals surface area (Å²) in [7, 11) is 0. The van der Waals surface area contributed by atoms with Gasteiger partial charge in [0.05, 0.1) is 5.69 Å². The zero-order valence-electron chi connectivity index (χ0n) is 13.7. The van der Waals surface area contributed by atoms with E-state index in [9.17, 15) is 18.3 Å². The molecule has 0 aromatic heterocycles. The molecule has 6 heteroatoms. The van der Waals surface area contributed by atoms with Gasteiger partial charge in [-0.25, -0.2) is 0 Å². The normalized spacial score (nSPS) is 16.0. The van der Waals surface area contributed by atoms with E-state index in [1.807, 2.05) is 18.2 Å². The van der Waals surface area contributed by atoms with Crippen molar-refractivity contribution in [3.8, 4) is 11.5 Å². The lowest BCUT2D eigenvalue weighted by molar-refractivity contribution is -0.274. The van der Waals surface area contributed by atoms with Gasteiger partial charge in [0, 0.05) is 13.1 Å². The van der Waals surface area contributed by atoms with E-state index in [0.29, 0.717) is 5.92 Å². The van der Waals surface area contributed by atoms with Crippen molar-refractivity contribution in [3.05, 3.63) is 54.1 Å². The molecule has 0 radical (unpaired) electrons. The summed E-state index contributed by atoms with van der Waals surface area (Å²) >= 11 is 0. The molecule has 0 saturated carbocycles. The second kappa shape index (κ2) is 7.25. The smallest absolute Gasteiger partial charge is 0.506 e. The maximum absolute atomic E-state index is 12.3. The van der Waals surface area contributed by atoms with Crippen molar-refractivity contribution < 1.29 is 23.0 Å². The highest BCUT2D eigenvalue weighted by atomic mass is 19.4. The number of phenols is 1. The lowest BCUT2D eigenvalue weighted by Gasteiger charge is -2.34. The minimum atomic E-state index is -4.67. The van der Waals surface area contributed by atoms with Crippen LogP contribution in [0.5, 0.6) is 11.5 Å². The van der Waals surface area contributed by atoms with Gasteiger partial charge in [0.1, 0.15) is 11.5 Å². The number of anilines is 1. The Balaban J connectivity index is 1.57. The quantitative estimate of drug-likeness (QED) is 0.863. The minimum Gasteiger partial charge on any atom is -0.506 e. The van der Waals surface area contributed by atoms with Crippen LogP contribution in [0.2, 0.25) is 0 Å². The Hall–Kier alpha value is -2.37. The SMILES string of the molecule is Oc1ccccc1N1CCC(Cc2cccc(OC(F)(F)F)c2)CC1. The summed E-state index contributed by atoms with van der Waals surface area (Å²) < 4.78 is 40.9. The van der Waals surface area contributed by atoms with Crippen LogP contribution in [-0.2, 0) is 6.42 Å². The zero-order valence-corrected chi connectivity index (χ0v) is 13.7. The molecule has 3 rings (SSSR count). The Morgan fingerprint density at radius 1 is 1.04 bits per heavy atom. The van der Waals surface area contributed by atoms with Gasteiger partial charge in [-0.05, 0) is 55.0 Å². The third kappa shape index (κ3) is 4.81. The number of para-hydroxylation sites is 2. The topological polar surface area (TPSA) is 32.7 Å². The van der Waals surface area contributed by atoms with Crippen LogP contribution in [0.4, 0.5) is 18.9 Å². The molecule has 25 heavy (non-hydrogen) atoms. The molecule has 2 aromatic carbocycles. The maximum atomic E-state index is 12.3. The van der Waals surface area contributed by atoms with Gasteiger partial charge in [0.2, 0.25) is 0 Å². The summed E-state index contributed by atoms with van der Waals surface area (Å²) in [5.41, 5.74) is 1.68. The molecule has 1 heterocycles. The zero-order chi connectivity index (χ0) is 17.9. The van der Waals surface area contributed by atoms with E-state index in [4.69, 9.17) is 0 Å². The molecule has 0 amide bonds. The van der Waals surface area contributed by atoms with Crippen LogP contribution in [0.15, 0.2) is 48.5 Å². The third-order valence-corrected chi connectivity index (χ3v) is 4.49. The van der Waals surface area contributed by atoms with Gasteiger partial charge >= 0.3 is 6.36 Å². The molecule has 1 aliphatic heterocycles. The number of hydrogen-bond acceptors (Lipinski definition) is 3. The van der Waals surface area contributed by atoms with Crippen LogP contribution < -0.4 is 9.64 Å². The van der Waals surface area contributed by atoms with Gasteiger partial charge in [-0.3, -0.25) is 0 Å². The summed E-state index contributed by atoms with van der Waals surface area (Å²) in [5, 5.41) is 9.94. The summed E-state index contributed by atoms with van der Waals surface area (Å²) in [5.74, 6) is 0.512. The fraction of sp³-hybridized carbons (Fsp3) is 0.368. The van der Waals surface area contributed by atoms with E-state index in [1.54, 1.807) is 18.2 Å². The van der Waals surface area contributed by atoms with Crippen molar-refractivity contribution in [1.82, 2.24) is 0 Å². The van der Waals surface area contributed by atoms with Crippen LogP contribution in [0.3, 0.4) is 0 Å². The van der Waals surface area contributed by atoms with Crippen molar-refractivity contribution in [2.45, 2.75) is 25.6 Å². The summed E-state index contributed by atoms with van der Waals surface area (Å²) in [4.78, 5) is 2.15. The van der Waals surface area contributed by atoms with E-state index in [-0.39, 0.29) is 11.5 Å². The first-order chi connectivity index (χ1) is 11.9. The van der Waals surface area contributed by atoms with Crippen LogP contribution in [-0.4, -0.2) is 24.6 Å². The molecule has 1 aliphatic rings. The van der Waals surface area contributed by atoms with Gasteiger partial charge < -0.3 is 14.7 Å². The number of piperidine rings is 1. The number of alkyl halides is 3. The number of rotatable bonds is 4. The average molecular weight is 351 g/mol. The number of benzene rings is 2. The monoisotopic (exact) mass is 351 g/mol. The Labute approximate surface area is 144 Å². The Kier molecular flexibility index (Phi) is 5.06.